The number of imidazole rings is 1. The smallest absolute Gasteiger partial charge is 0.227 e. The number of carbonyl (C=O) groups excluding carboxylic acids is 1. The third kappa shape index (κ3) is 2.95. The Morgan fingerprint density at radius 3 is 2.90 bits per heavy atom. The quantitative estimate of drug-likeness (QED) is 0.908. The highest BCUT2D eigenvalue weighted by Gasteiger charge is 2.27. The molecule has 1 aromatic carbocycles. The molecule has 1 amide bonds. The van der Waals surface area contributed by atoms with Crippen LogP contribution in [0.1, 0.15) is 19.3 Å². The highest BCUT2D eigenvalue weighted by molar-refractivity contribution is 5.92. The third-order valence-electron chi connectivity index (χ3n) is 3.84. The summed E-state index contributed by atoms with van der Waals surface area (Å²) in [6, 6.07) is 4.72. The van der Waals surface area contributed by atoms with Crippen molar-refractivity contribution in [1.29, 1.82) is 0 Å². The van der Waals surface area contributed by atoms with E-state index in [1.165, 1.54) is 12.4 Å². The molecule has 2 unspecified atom stereocenters. The Hall–Kier alpha value is -2.21. The van der Waals surface area contributed by atoms with Crippen molar-refractivity contribution in [3.05, 3.63) is 42.7 Å². The van der Waals surface area contributed by atoms with E-state index in [4.69, 9.17) is 5.73 Å². The first kappa shape index (κ1) is 13.8. The average Bonchev–Trinajstić information content (AvgIpc) is 3.10. The van der Waals surface area contributed by atoms with Gasteiger partial charge in [-0.15, -0.1) is 0 Å². The lowest BCUT2D eigenvalue weighted by atomic mass is 10.1. The number of halogens is 1. The fourth-order valence-electron chi connectivity index (χ4n) is 2.69. The lowest BCUT2D eigenvalue weighted by molar-refractivity contribution is -0.119. The minimum absolute atomic E-state index is 0.0728. The molecule has 1 aromatic heterocycles. The number of hydrogen-bond donors (Lipinski definition) is 2. The molecule has 6 heteroatoms. The van der Waals surface area contributed by atoms with Crippen molar-refractivity contribution in [2.75, 3.05) is 5.32 Å². The Morgan fingerprint density at radius 2 is 2.29 bits per heavy atom. The first-order chi connectivity index (χ1) is 10.1. The molecular formula is C15H17FN4O. The van der Waals surface area contributed by atoms with Gasteiger partial charge in [0, 0.05) is 30.0 Å². The Balaban J connectivity index is 1.72. The second kappa shape index (κ2) is 5.65. The molecule has 0 bridgehead atoms. The average molecular weight is 288 g/mol. The summed E-state index contributed by atoms with van der Waals surface area (Å²) in [5, 5.41) is 2.76. The molecule has 1 fully saturated rings. The Labute approximate surface area is 122 Å². The van der Waals surface area contributed by atoms with Gasteiger partial charge in [0.2, 0.25) is 5.91 Å². The van der Waals surface area contributed by atoms with Crippen LogP contribution >= 0.6 is 0 Å². The molecule has 2 atom stereocenters. The zero-order chi connectivity index (χ0) is 14.8. The van der Waals surface area contributed by atoms with Gasteiger partial charge in [0.05, 0.1) is 12.0 Å². The van der Waals surface area contributed by atoms with Gasteiger partial charge >= 0.3 is 0 Å². The topological polar surface area (TPSA) is 72.9 Å². The molecule has 1 aliphatic carbocycles. The Kier molecular flexibility index (Phi) is 3.70. The van der Waals surface area contributed by atoms with Gasteiger partial charge in [0.15, 0.2) is 0 Å². The predicted octanol–water partition coefficient (Wildman–Crippen LogP) is 2.08. The van der Waals surface area contributed by atoms with Gasteiger partial charge in [-0.2, -0.15) is 0 Å². The maximum Gasteiger partial charge on any atom is 0.227 e. The standard InChI is InChI=1S/C15H17FN4O/c16-13-8-12(3-4-14(13)20-6-5-18-9-20)19-15(21)10-1-2-11(17)7-10/h3-6,8-11H,1-2,7,17H2,(H,19,21). The Bertz CT molecular complexity index is 641. The first-order valence-corrected chi connectivity index (χ1v) is 6.98. The molecule has 0 aliphatic heterocycles. The molecule has 0 spiro atoms. The highest BCUT2D eigenvalue weighted by atomic mass is 19.1. The number of anilines is 1. The number of hydrogen-bond acceptors (Lipinski definition) is 3. The maximum atomic E-state index is 14.1. The van der Waals surface area contributed by atoms with Crippen molar-refractivity contribution in [3.63, 3.8) is 0 Å². The van der Waals surface area contributed by atoms with Crippen LogP contribution in [0.4, 0.5) is 10.1 Å². The molecule has 5 nitrogen and oxygen atoms in total. The van der Waals surface area contributed by atoms with Crippen LogP contribution < -0.4 is 11.1 Å². The molecule has 3 rings (SSSR count). The normalized spacial score (nSPS) is 21.4. The van der Waals surface area contributed by atoms with Gasteiger partial charge in [-0.25, -0.2) is 9.37 Å². The lowest BCUT2D eigenvalue weighted by Crippen LogP contribution is -2.23. The first-order valence-electron chi connectivity index (χ1n) is 6.98. The Morgan fingerprint density at radius 1 is 1.43 bits per heavy atom. The van der Waals surface area contributed by atoms with E-state index in [1.807, 2.05) is 0 Å². The van der Waals surface area contributed by atoms with Gasteiger partial charge in [-0.3, -0.25) is 4.79 Å². The van der Waals surface area contributed by atoms with E-state index < -0.39 is 5.82 Å². The molecule has 2 aromatic rings. The summed E-state index contributed by atoms with van der Waals surface area (Å²) in [5.74, 6) is -0.567. The summed E-state index contributed by atoms with van der Waals surface area (Å²) in [6.45, 7) is 0. The monoisotopic (exact) mass is 288 g/mol. The van der Waals surface area contributed by atoms with E-state index in [1.54, 1.807) is 29.1 Å². The fourth-order valence-corrected chi connectivity index (χ4v) is 2.69. The van der Waals surface area contributed by atoms with Crippen molar-refractivity contribution < 1.29 is 9.18 Å². The largest absolute Gasteiger partial charge is 0.328 e. The molecule has 1 aliphatic rings. The van der Waals surface area contributed by atoms with Crippen LogP contribution in [-0.4, -0.2) is 21.5 Å². The van der Waals surface area contributed by atoms with Crippen LogP contribution in [0.15, 0.2) is 36.9 Å². The number of nitrogens with two attached hydrogens (primary N) is 1. The molecule has 3 N–H and O–H groups in total. The SMILES string of the molecule is NC1CCC(C(=O)Nc2ccc(-n3ccnc3)c(F)c2)C1. The number of nitrogens with one attached hydrogen (secondary N) is 1. The van der Waals surface area contributed by atoms with Gasteiger partial charge in [0.1, 0.15) is 5.82 Å². The van der Waals surface area contributed by atoms with E-state index >= 15 is 0 Å². The molecule has 0 radical (unpaired) electrons. The number of carbonyl (C=O) groups is 1. The van der Waals surface area contributed by atoms with Crippen LogP contribution in [0.3, 0.4) is 0 Å². The van der Waals surface area contributed by atoms with Crippen molar-refractivity contribution in [3.8, 4) is 5.69 Å². The van der Waals surface area contributed by atoms with Crippen LogP contribution in [0, 0.1) is 11.7 Å². The van der Waals surface area contributed by atoms with Crippen LogP contribution in [0.25, 0.3) is 5.69 Å². The second-order valence-corrected chi connectivity index (χ2v) is 5.40. The van der Waals surface area contributed by atoms with E-state index in [0.29, 0.717) is 17.8 Å². The zero-order valence-electron chi connectivity index (χ0n) is 11.5. The molecule has 21 heavy (non-hydrogen) atoms. The van der Waals surface area contributed by atoms with E-state index in [0.717, 1.165) is 12.8 Å². The van der Waals surface area contributed by atoms with Crippen molar-refractivity contribution >= 4 is 11.6 Å². The fraction of sp³-hybridized carbons (Fsp3) is 0.333. The minimum atomic E-state index is -0.408. The van der Waals surface area contributed by atoms with Crippen molar-refractivity contribution in [2.24, 2.45) is 11.7 Å². The number of aromatic nitrogens is 2. The van der Waals surface area contributed by atoms with Gasteiger partial charge in [-0.1, -0.05) is 0 Å². The minimum Gasteiger partial charge on any atom is -0.328 e. The summed E-state index contributed by atoms with van der Waals surface area (Å²) in [4.78, 5) is 16.0. The summed E-state index contributed by atoms with van der Waals surface area (Å²) in [5.41, 5.74) is 6.66. The number of nitrogens with zero attached hydrogens (tertiary/aromatic N) is 2. The second-order valence-electron chi connectivity index (χ2n) is 5.40. The van der Waals surface area contributed by atoms with Crippen molar-refractivity contribution in [2.45, 2.75) is 25.3 Å². The number of benzene rings is 1. The summed E-state index contributed by atoms with van der Waals surface area (Å²) < 4.78 is 15.7. The van der Waals surface area contributed by atoms with E-state index in [2.05, 4.69) is 10.3 Å². The zero-order valence-corrected chi connectivity index (χ0v) is 11.5. The molecular weight excluding hydrogens is 271 g/mol. The van der Waals surface area contributed by atoms with Crippen LogP contribution in [0.5, 0.6) is 0 Å². The third-order valence-corrected chi connectivity index (χ3v) is 3.84. The van der Waals surface area contributed by atoms with Crippen LogP contribution in [-0.2, 0) is 4.79 Å². The number of amides is 1. The van der Waals surface area contributed by atoms with Gasteiger partial charge < -0.3 is 15.6 Å². The summed E-state index contributed by atoms with van der Waals surface area (Å²) in [7, 11) is 0. The molecule has 1 heterocycles. The highest BCUT2D eigenvalue weighted by Crippen LogP contribution is 2.26. The molecule has 110 valence electrons. The van der Waals surface area contributed by atoms with Crippen LogP contribution in [0.2, 0.25) is 0 Å². The van der Waals surface area contributed by atoms with E-state index in [-0.39, 0.29) is 17.9 Å². The van der Waals surface area contributed by atoms with E-state index in [9.17, 15) is 9.18 Å². The summed E-state index contributed by atoms with van der Waals surface area (Å²) >= 11 is 0. The molecule has 0 saturated heterocycles. The molecule has 1 saturated carbocycles. The maximum absolute atomic E-state index is 14.1. The van der Waals surface area contributed by atoms with Gasteiger partial charge in [-0.05, 0) is 37.5 Å². The van der Waals surface area contributed by atoms with Crippen molar-refractivity contribution in [1.82, 2.24) is 9.55 Å². The number of rotatable bonds is 3. The lowest BCUT2D eigenvalue weighted by Gasteiger charge is -2.12. The summed E-state index contributed by atoms with van der Waals surface area (Å²) in [6.07, 6.45) is 7.13. The predicted molar refractivity (Wildman–Crippen MR) is 77.5 cm³/mol. The van der Waals surface area contributed by atoms with Gasteiger partial charge in [0.25, 0.3) is 0 Å².